The Morgan fingerprint density at radius 1 is 1.00 bits per heavy atom. The molecule has 2 aromatic carbocycles. The van der Waals surface area contributed by atoms with Gasteiger partial charge >= 0.3 is 5.97 Å². The van der Waals surface area contributed by atoms with Crippen molar-refractivity contribution in [3.05, 3.63) is 71.8 Å². The van der Waals surface area contributed by atoms with Crippen molar-refractivity contribution in [3.8, 4) is 0 Å². The van der Waals surface area contributed by atoms with E-state index in [1.165, 1.54) is 0 Å². The first-order chi connectivity index (χ1) is 13.3. The number of piperidine rings is 1. The smallest absolute Gasteiger partial charge is 0.323 e. The summed E-state index contributed by atoms with van der Waals surface area (Å²) in [6.07, 6.45) is 3.06. The van der Waals surface area contributed by atoms with Gasteiger partial charge in [0, 0.05) is 6.54 Å². The molecule has 2 aromatic rings. The number of rotatable bonds is 7. The SMILES string of the molecule is O=C(OCc1ccccc1)C1CC2(CC2)C(NOCc2ccccc2)CN1. The second kappa shape index (κ2) is 8.21. The van der Waals surface area contributed by atoms with E-state index in [0.717, 1.165) is 30.4 Å². The summed E-state index contributed by atoms with van der Waals surface area (Å²) in [6.45, 7) is 1.57. The third-order valence-electron chi connectivity index (χ3n) is 5.63. The molecule has 5 heteroatoms. The molecule has 2 aliphatic rings. The van der Waals surface area contributed by atoms with Crippen LogP contribution in [0, 0.1) is 5.41 Å². The maximum absolute atomic E-state index is 12.5. The molecule has 5 nitrogen and oxygen atoms in total. The molecule has 0 radical (unpaired) electrons. The highest BCUT2D eigenvalue weighted by Crippen LogP contribution is 2.54. The van der Waals surface area contributed by atoms with Crippen molar-refractivity contribution >= 4 is 5.97 Å². The van der Waals surface area contributed by atoms with E-state index in [2.05, 4.69) is 10.8 Å². The van der Waals surface area contributed by atoms with Crippen LogP contribution in [-0.4, -0.2) is 24.6 Å². The van der Waals surface area contributed by atoms with E-state index in [0.29, 0.717) is 19.8 Å². The van der Waals surface area contributed by atoms with Crippen LogP contribution in [0.1, 0.15) is 30.4 Å². The molecule has 1 saturated carbocycles. The second-order valence-corrected chi connectivity index (χ2v) is 7.57. The van der Waals surface area contributed by atoms with Crippen LogP contribution in [0.15, 0.2) is 60.7 Å². The zero-order chi connectivity index (χ0) is 18.5. The molecular formula is C22H26N2O3. The largest absolute Gasteiger partial charge is 0.460 e. The lowest BCUT2D eigenvalue weighted by molar-refractivity contribution is -0.149. The lowest BCUT2D eigenvalue weighted by atomic mass is 9.85. The fourth-order valence-corrected chi connectivity index (χ4v) is 3.77. The second-order valence-electron chi connectivity index (χ2n) is 7.57. The zero-order valence-electron chi connectivity index (χ0n) is 15.4. The van der Waals surface area contributed by atoms with E-state index in [9.17, 15) is 4.79 Å². The standard InChI is InChI=1S/C22H26N2O3/c25-21(26-15-17-7-3-1-4-8-17)19-13-22(11-12-22)20(14-23-19)24-27-16-18-9-5-2-6-10-18/h1-10,19-20,23-24H,11-16H2. The van der Waals surface area contributed by atoms with Gasteiger partial charge < -0.3 is 10.1 Å². The average Bonchev–Trinajstić information content (AvgIpc) is 3.49. The summed E-state index contributed by atoms with van der Waals surface area (Å²) in [5, 5.41) is 3.33. The topological polar surface area (TPSA) is 59.6 Å². The van der Waals surface area contributed by atoms with Gasteiger partial charge in [-0.3, -0.25) is 9.63 Å². The molecule has 1 heterocycles. The minimum absolute atomic E-state index is 0.151. The Hall–Kier alpha value is -2.21. The number of benzene rings is 2. The minimum Gasteiger partial charge on any atom is -0.460 e. The molecule has 27 heavy (non-hydrogen) atoms. The summed E-state index contributed by atoms with van der Waals surface area (Å²) in [5.74, 6) is -0.159. The maximum atomic E-state index is 12.5. The molecule has 2 atom stereocenters. The summed E-state index contributed by atoms with van der Waals surface area (Å²) < 4.78 is 5.51. The van der Waals surface area contributed by atoms with Gasteiger partial charge in [-0.1, -0.05) is 60.7 Å². The van der Waals surface area contributed by atoms with Gasteiger partial charge in [-0.2, -0.15) is 5.48 Å². The lowest BCUT2D eigenvalue weighted by Gasteiger charge is -2.36. The fraction of sp³-hybridized carbons (Fsp3) is 0.409. The van der Waals surface area contributed by atoms with Crippen molar-refractivity contribution in [3.63, 3.8) is 0 Å². The quantitative estimate of drug-likeness (QED) is 0.583. The monoisotopic (exact) mass is 366 g/mol. The summed E-state index contributed by atoms with van der Waals surface area (Å²) in [4.78, 5) is 18.2. The maximum Gasteiger partial charge on any atom is 0.323 e. The molecule has 0 aromatic heterocycles. The molecule has 1 spiro atoms. The Labute approximate surface area is 160 Å². The Morgan fingerprint density at radius 3 is 2.26 bits per heavy atom. The van der Waals surface area contributed by atoms with Crippen molar-refractivity contribution in [2.24, 2.45) is 5.41 Å². The average molecular weight is 366 g/mol. The summed E-state index contributed by atoms with van der Waals surface area (Å²) in [7, 11) is 0. The van der Waals surface area contributed by atoms with E-state index in [1.807, 2.05) is 60.7 Å². The molecular weight excluding hydrogens is 340 g/mol. The van der Waals surface area contributed by atoms with Gasteiger partial charge in [-0.25, -0.2) is 0 Å². The zero-order valence-corrected chi connectivity index (χ0v) is 15.4. The number of esters is 1. The molecule has 2 unspecified atom stereocenters. The van der Waals surface area contributed by atoms with Crippen LogP contribution in [0.5, 0.6) is 0 Å². The van der Waals surface area contributed by atoms with Crippen LogP contribution < -0.4 is 10.8 Å². The predicted octanol–water partition coefficient (Wildman–Crippen LogP) is 2.96. The summed E-state index contributed by atoms with van der Waals surface area (Å²) in [5.41, 5.74) is 5.53. The first-order valence-corrected chi connectivity index (χ1v) is 9.60. The number of hydroxylamine groups is 1. The highest BCUT2D eigenvalue weighted by molar-refractivity contribution is 5.76. The van der Waals surface area contributed by atoms with E-state index in [4.69, 9.17) is 9.57 Å². The Morgan fingerprint density at radius 2 is 1.63 bits per heavy atom. The van der Waals surface area contributed by atoms with Crippen molar-refractivity contribution < 1.29 is 14.4 Å². The number of carbonyl (C=O) groups is 1. The van der Waals surface area contributed by atoms with Crippen molar-refractivity contribution in [1.82, 2.24) is 10.8 Å². The van der Waals surface area contributed by atoms with Crippen LogP contribution >= 0.6 is 0 Å². The fourth-order valence-electron chi connectivity index (χ4n) is 3.77. The molecule has 2 fully saturated rings. The van der Waals surface area contributed by atoms with Gasteiger partial charge in [0.2, 0.25) is 0 Å². The highest BCUT2D eigenvalue weighted by Gasteiger charge is 2.54. The Balaban J connectivity index is 1.24. The number of ether oxygens (including phenoxy) is 1. The van der Waals surface area contributed by atoms with Crippen LogP contribution in [0.2, 0.25) is 0 Å². The number of carbonyl (C=O) groups excluding carboxylic acids is 1. The Bertz CT molecular complexity index is 747. The molecule has 1 aliphatic carbocycles. The molecule has 1 saturated heterocycles. The van der Waals surface area contributed by atoms with Gasteiger partial charge in [0.05, 0.1) is 12.6 Å². The molecule has 0 amide bonds. The van der Waals surface area contributed by atoms with Gasteiger partial charge in [-0.05, 0) is 35.8 Å². The van der Waals surface area contributed by atoms with Crippen molar-refractivity contribution in [2.75, 3.05) is 6.54 Å². The number of hydrogen-bond donors (Lipinski definition) is 2. The van der Waals surface area contributed by atoms with Crippen molar-refractivity contribution in [2.45, 2.75) is 44.6 Å². The van der Waals surface area contributed by atoms with Crippen LogP contribution in [0.25, 0.3) is 0 Å². The summed E-state index contributed by atoms with van der Waals surface area (Å²) in [6, 6.07) is 19.9. The lowest BCUT2D eigenvalue weighted by Crippen LogP contribution is -2.56. The molecule has 142 valence electrons. The normalized spacial score (nSPS) is 23.1. The van der Waals surface area contributed by atoms with Gasteiger partial charge in [0.1, 0.15) is 12.6 Å². The van der Waals surface area contributed by atoms with Crippen LogP contribution in [0.3, 0.4) is 0 Å². The van der Waals surface area contributed by atoms with Crippen molar-refractivity contribution in [1.29, 1.82) is 0 Å². The molecule has 4 rings (SSSR count). The third-order valence-corrected chi connectivity index (χ3v) is 5.63. The van der Waals surface area contributed by atoms with E-state index >= 15 is 0 Å². The first kappa shape index (κ1) is 18.2. The molecule has 0 bridgehead atoms. The highest BCUT2D eigenvalue weighted by atomic mass is 16.6. The third kappa shape index (κ3) is 4.56. The number of hydrogen-bond acceptors (Lipinski definition) is 5. The minimum atomic E-state index is -0.233. The summed E-state index contributed by atoms with van der Waals surface area (Å²) >= 11 is 0. The first-order valence-electron chi connectivity index (χ1n) is 9.60. The van der Waals surface area contributed by atoms with E-state index in [1.54, 1.807) is 0 Å². The number of nitrogens with one attached hydrogen (secondary N) is 2. The van der Waals surface area contributed by atoms with Gasteiger partial charge in [-0.15, -0.1) is 0 Å². The van der Waals surface area contributed by atoms with E-state index < -0.39 is 0 Å². The molecule has 2 N–H and O–H groups in total. The van der Waals surface area contributed by atoms with Crippen LogP contribution in [0.4, 0.5) is 0 Å². The van der Waals surface area contributed by atoms with Gasteiger partial charge in [0.25, 0.3) is 0 Å². The van der Waals surface area contributed by atoms with Crippen LogP contribution in [-0.2, 0) is 27.6 Å². The Kier molecular flexibility index (Phi) is 5.53. The van der Waals surface area contributed by atoms with Gasteiger partial charge in [0.15, 0.2) is 0 Å². The predicted molar refractivity (Wildman–Crippen MR) is 102 cm³/mol. The molecule has 1 aliphatic heterocycles. The van der Waals surface area contributed by atoms with E-state index in [-0.39, 0.29) is 23.5 Å².